The van der Waals surface area contributed by atoms with Crippen LogP contribution in [0.5, 0.6) is 0 Å². The van der Waals surface area contributed by atoms with Crippen molar-refractivity contribution in [2.75, 3.05) is 6.54 Å². The van der Waals surface area contributed by atoms with Gasteiger partial charge in [0.05, 0.1) is 5.56 Å². The number of aliphatic hydroxyl groups excluding tert-OH is 1. The van der Waals surface area contributed by atoms with Gasteiger partial charge in [-0.05, 0) is 24.6 Å². The van der Waals surface area contributed by atoms with Gasteiger partial charge in [-0.3, -0.25) is 4.79 Å². The number of likely N-dealkylation sites (N-methyl/N-ethyl adjacent to an activating group) is 1. The van der Waals surface area contributed by atoms with Gasteiger partial charge in [0.1, 0.15) is 4.91 Å². The maximum Gasteiger partial charge on any atom is 0.416 e. The van der Waals surface area contributed by atoms with E-state index in [0.29, 0.717) is 16.4 Å². The molecule has 1 heterocycles. The third-order valence-electron chi connectivity index (χ3n) is 2.95. The van der Waals surface area contributed by atoms with E-state index in [1.807, 2.05) is 0 Å². The highest BCUT2D eigenvalue weighted by atomic mass is 32.2. The van der Waals surface area contributed by atoms with Gasteiger partial charge in [-0.2, -0.15) is 13.2 Å². The lowest BCUT2D eigenvalue weighted by atomic mass is 10.1. The molecule has 1 aliphatic rings. The number of hydrogen-bond acceptors (Lipinski definition) is 4. The van der Waals surface area contributed by atoms with Crippen molar-refractivity contribution >= 4 is 20.8 Å². The monoisotopic (exact) mass is 321 g/mol. The van der Waals surface area contributed by atoms with Crippen LogP contribution in [-0.4, -0.2) is 30.3 Å². The first kappa shape index (κ1) is 15.4. The molecular formula is C12H10F3NO4S. The van der Waals surface area contributed by atoms with E-state index in [1.54, 1.807) is 0 Å². The van der Waals surface area contributed by atoms with E-state index in [2.05, 4.69) is 0 Å². The molecule has 0 aliphatic carbocycles. The Morgan fingerprint density at radius 2 is 1.71 bits per heavy atom. The number of hydrogen-bond donors (Lipinski definition) is 1. The van der Waals surface area contributed by atoms with Crippen molar-refractivity contribution < 1.29 is 31.5 Å². The maximum absolute atomic E-state index is 12.5. The fraction of sp³-hybridized carbons (Fsp3) is 0.250. The fourth-order valence-corrected chi connectivity index (χ4v) is 3.60. The Hall–Kier alpha value is -2.03. The zero-order chi connectivity index (χ0) is 16.0. The lowest BCUT2D eigenvalue weighted by molar-refractivity contribution is -0.137. The highest BCUT2D eigenvalue weighted by Crippen LogP contribution is 2.36. The molecular weight excluding hydrogens is 311 g/mol. The van der Waals surface area contributed by atoms with Crippen LogP contribution in [0.4, 0.5) is 13.2 Å². The number of alkyl halides is 3. The van der Waals surface area contributed by atoms with Crippen molar-refractivity contribution in [3.63, 3.8) is 0 Å². The van der Waals surface area contributed by atoms with Crippen molar-refractivity contribution in [3.8, 4) is 0 Å². The van der Waals surface area contributed by atoms with Crippen LogP contribution in [0.1, 0.15) is 18.1 Å². The predicted octanol–water partition coefficient (Wildman–Crippen LogP) is 2.12. The summed E-state index contributed by atoms with van der Waals surface area (Å²) in [6, 6.07) is 3.17. The Bertz CT molecular complexity index is 720. The van der Waals surface area contributed by atoms with Crippen LogP contribution in [-0.2, 0) is 21.0 Å². The highest BCUT2D eigenvalue weighted by Gasteiger charge is 2.44. The molecule has 0 spiro atoms. The quantitative estimate of drug-likeness (QED) is 0.905. The average Bonchev–Trinajstić information content (AvgIpc) is 2.54. The van der Waals surface area contributed by atoms with Gasteiger partial charge in [-0.1, -0.05) is 12.1 Å². The molecule has 0 radical (unpaired) electrons. The number of carbonyl (C=O) groups is 1. The molecule has 0 saturated heterocycles. The van der Waals surface area contributed by atoms with Gasteiger partial charge >= 0.3 is 12.1 Å². The average molecular weight is 321 g/mol. The molecule has 1 amide bonds. The van der Waals surface area contributed by atoms with Crippen molar-refractivity contribution in [1.82, 2.24) is 4.31 Å². The van der Waals surface area contributed by atoms with Crippen LogP contribution < -0.4 is 0 Å². The van der Waals surface area contributed by atoms with Crippen LogP contribution in [0.25, 0.3) is 4.91 Å². The molecule has 2 rings (SSSR count). The molecule has 0 fully saturated rings. The summed E-state index contributed by atoms with van der Waals surface area (Å²) >= 11 is 0. The molecule has 1 N–H and O–H groups in total. The molecule has 0 bridgehead atoms. The van der Waals surface area contributed by atoms with E-state index in [9.17, 15) is 31.5 Å². The predicted molar refractivity (Wildman–Crippen MR) is 67.3 cm³/mol. The van der Waals surface area contributed by atoms with E-state index < -0.39 is 38.3 Å². The molecule has 0 unspecified atom stereocenters. The smallest absolute Gasteiger partial charge is 0.416 e. The second kappa shape index (κ2) is 4.76. The van der Waals surface area contributed by atoms with Gasteiger partial charge in [0.2, 0.25) is 5.76 Å². The molecule has 0 saturated carbocycles. The van der Waals surface area contributed by atoms with Gasteiger partial charge in [-0.25, -0.2) is 12.7 Å². The lowest BCUT2D eigenvalue weighted by Crippen LogP contribution is -2.31. The van der Waals surface area contributed by atoms with Crippen LogP contribution >= 0.6 is 0 Å². The number of halogens is 3. The number of aliphatic hydroxyl groups is 1. The van der Waals surface area contributed by atoms with Crippen molar-refractivity contribution in [2.45, 2.75) is 13.1 Å². The maximum atomic E-state index is 12.5. The van der Waals surface area contributed by atoms with Gasteiger partial charge in [-0.15, -0.1) is 0 Å². The van der Waals surface area contributed by atoms with Crippen LogP contribution in [0.3, 0.4) is 0 Å². The summed E-state index contributed by atoms with van der Waals surface area (Å²) < 4.78 is 62.0. The number of sulfonamides is 1. The largest absolute Gasteiger partial charge is 0.502 e. The molecule has 21 heavy (non-hydrogen) atoms. The third kappa shape index (κ3) is 2.37. The molecule has 114 valence electrons. The first-order valence-corrected chi connectivity index (χ1v) is 7.22. The molecule has 5 nitrogen and oxygen atoms in total. The van der Waals surface area contributed by atoms with Gasteiger partial charge in [0.25, 0.3) is 10.0 Å². The summed E-state index contributed by atoms with van der Waals surface area (Å²) in [5.41, 5.74) is -1.13. The zero-order valence-corrected chi connectivity index (χ0v) is 11.5. The standard InChI is InChI=1S/C12H10F3NO4S/c1-2-16-11(18)9(17)10(21(16,19)20)7-3-5-8(6-4-7)12(13,14)15/h3-6,17H,2H2,1H3. The minimum atomic E-state index is -4.56. The number of amides is 1. The molecule has 1 aliphatic heterocycles. The number of benzene rings is 1. The molecule has 1 aromatic rings. The van der Waals surface area contributed by atoms with Crippen molar-refractivity contribution in [3.05, 3.63) is 41.2 Å². The summed E-state index contributed by atoms with van der Waals surface area (Å²) in [5, 5.41) is 9.66. The van der Waals surface area contributed by atoms with E-state index in [0.717, 1.165) is 12.1 Å². The van der Waals surface area contributed by atoms with Crippen molar-refractivity contribution in [2.24, 2.45) is 0 Å². The third-order valence-corrected chi connectivity index (χ3v) is 4.90. The Morgan fingerprint density at radius 1 is 1.19 bits per heavy atom. The zero-order valence-electron chi connectivity index (χ0n) is 10.7. The Morgan fingerprint density at radius 3 is 2.10 bits per heavy atom. The molecule has 0 aromatic heterocycles. The molecule has 9 heteroatoms. The van der Waals surface area contributed by atoms with E-state index in [-0.39, 0.29) is 12.1 Å². The van der Waals surface area contributed by atoms with Crippen LogP contribution in [0.15, 0.2) is 30.0 Å². The minimum Gasteiger partial charge on any atom is -0.502 e. The number of carbonyl (C=O) groups excluding carboxylic acids is 1. The Balaban J connectivity index is 2.54. The van der Waals surface area contributed by atoms with Gasteiger partial charge in [0, 0.05) is 6.54 Å². The number of nitrogens with zero attached hydrogens (tertiary/aromatic N) is 1. The number of rotatable bonds is 2. The summed E-state index contributed by atoms with van der Waals surface area (Å²) in [7, 11) is -4.25. The molecule has 1 aromatic carbocycles. The fourth-order valence-electron chi connectivity index (χ4n) is 1.97. The Labute approximate surface area is 118 Å². The summed E-state index contributed by atoms with van der Waals surface area (Å²) in [6.07, 6.45) is -4.56. The van der Waals surface area contributed by atoms with Crippen molar-refractivity contribution in [1.29, 1.82) is 0 Å². The first-order chi connectivity index (χ1) is 9.60. The van der Waals surface area contributed by atoms with Gasteiger partial charge < -0.3 is 5.11 Å². The molecule has 0 atom stereocenters. The first-order valence-electron chi connectivity index (χ1n) is 5.78. The van der Waals surface area contributed by atoms with E-state index in [1.165, 1.54) is 6.92 Å². The van der Waals surface area contributed by atoms with E-state index >= 15 is 0 Å². The van der Waals surface area contributed by atoms with Crippen LogP contribution in [0, 0.1) is 0 Å². The SMILES string of the molecule is CCN1C(=O)C(O)=C(c2ccc(C(F)(F)F)cc2)S1(=O)=O. The van der Waals surface area contributed by atoms with Crippen LogP contribution in [0.2, 0.25) is 0 Å². The normalized spacial score (nSPS) is 18.5. The summed E-state index contributed by atoms with van der Waals surface area (Å²) in [6.45, 7) is 1.22. The minimum absolute atomic E-state index is 0.176. The summed E-state index contributed by atoms with van der Waals surface area (Å²) in [4.78, 5) is 10.9. The topological polar surface area (TPSA) is 74.7 Å². The highest BCUT2D eigenvalue weighted by molar-refractivity contribution is 7.99. The lowest BCUT2D eigenvalue weighted by Gasteiger charge is -2.13. The van der Waals surface area contributed by atoms with Gasteiger partial charge in [0.15, 0.2) is 0 Å². The Kier molecular flexibility index (Phi) is 3.48. The van der Waals surface area contributed by atoms with E-state index in [4.69, 9.17) is 0 Å². The summed E-state index contributed by atoms with van der Waals surface area (Å²) in [5.74, 6) is -2.08. The second-order valence-electron chi connectivity index (χ2n) is 4.23. The second-order valence-corrected chi connectivity index (χ2v) is 6.03.